The number of ether oxygens (including phenoxy) is 1. The topological polar surface area (TPSA) is 65.0 Å². The number of carboxylic acids is 1. The van der Waals surface area contributed by atoms with Crippen LogP contribution in [0.3, 0.4) is 0 Å². The number of carboxylic acid groups (broad SMARTS) is 1. The summed E-state index contributed by atoms with van der Waals surface area (Å²) in [4.78, 5) is 11.2. The van der Waals surface area contributed by atoms with Crippen LogP contribution in [0.25, 0.3) is 0 Å². The van der Waals surface area contributed by atoms with Crippen molar-refractivity contribution in [3.63, 3.8) is 0 Å². The molecule has 7 heteroatoms. The largest absolute Gasteiger partial charge is 0.493 e. The molecule has 22 heavy (non-hydrogen) atoms. The minimum absolute atomic E-state index is 0.223. The van der Waals surface area contributed by atoms with Crippen LogP contribution in [0.1, 0.15) is 34.1 Å². The van der Waals surface area contributed by atoms with Gasteiger partial charge in [-0.1, -0.05) is 6.08 Å². The second kappa shape index (κ2) is 5.79. The lowest BCUT2D eigenvalue weighted by molar-refractivity contribution is -0.132. The van der Waals surface area contributed by atoms with E-state index in [1.807, 2.05) is 27.7 Å². The van der Waals surface area contributed by atoms with Crippen molar-refractivity contribution >= 4 is 13.1 Å². The summed E-state index contributed by atoms with van der Waals surface area (Å²) in [5.74, 6) is -2.37. The summed E-state index contributed by atoms with van der Waals surface area (Å²) >= 11 is 0. The van der Waals surface area contributed by atoms with Gasteiger partial charge in [0.25, 0.3) is 0 Å². The van der Waals surface area contributed by atoms with Crippen LogP contribution in [-0.2, 0) is 18.8 Å². The maximum absolute atomic E-state index is 14.7. The van der Waals surface area contributed by atoms with E-state index in [9.17, 15) is 9.18 Å². The molecule has 1 aliphatic heterocycles. The lowest BCUT2D eigenvalue weighted by Crippen LogP contribution is -2.41. The van der Waals surface area contributed by atoms with Gasteiger partial charge < -0.3 is 19.2 Å². The Morgan fingerprint density at radius 2 is 1.95 bits per heavy atom. The van der Waals surface area contributed by atoms with Gasteiger partial charge in [0, 0.05) is 18.5 Å². The molecule has 1 aliphatic carbocycles. The Labute approximate surface area is 130 Å². The van der Waals surface area contributed by atoms with Crippen LogP contribution in [0.4, 0.5) is 4.39 Å². The fraction of sp³-hybridized carbons (Fsp3) is 0.667. The summed E-state index contributed by atoms with van der Waals surface area (Å²) in [7, 11) is 0.615. The van der Waals surface area contributed by atoms with Crippen molar-refractivity contribution in [2.75, 3.05) is 13.7 Å². The SMILES string of the molecule is COCC1CC=C(C(=O)O)C(F)=C1B1OC(C)(C)C(C)(C)O1. The molecule has 1 fully saturated rings. The fourth-order valence-corrected chi connectivity index (χ4v) is 2.62. The van der Waals surface area contributed by atoms with Gasteiger partial charge in [-0.3, -0.25) is 0 Å². The highest BCUT2D eigenvalue weighted by Crippen LogP contribution is 2.43. The molecule has 0 aromatic carbocycles. The van der Waals surface area contributed by atoms with E-state index >= 15 is 0 Å². The molecule has 1 unspecified atom stereocenters. The van der Waals surface area contributed by atoms with Gasteiger partial charge >= 0.3 is 13.1 Å². The number of methoxy groups -OCH3 is 1. The summed E-state index contributed by atoms with van der Waals surface area (Å²) in [6.07, 6.45) is 1.76. The molecule has 1 N–H and O–H groups in total. The van der Waals surface area contributed by atoms with Gasteiger partial charge in [0.1, 0.15) is 5.83 Å². The van der Waals surface area contributed by atoms with Crippen LogP contribution >= 0.6 is 0 Å². The van der Waals surface area contributed by atoms with Crippen molar-refractivity contribution in [3.8, 4) is 0 Å². The molecule has 0 radical (unpaired) electrons. The molecular weight excluding hydrogens is 290 g/mol. The summed E-state index contributed by atoms with van der Waals surface area (Å²) in [6, 6.07) is 0. The van der Waals surface area contributed by atoms with Crippen LogP contribution in [-0.4, -0.2) is 43.1 Å². The van der Waals surface area contributed by atoms with E-state index in [0.717, 1.165) is 0 Å². The summed E-state index contributed by atoms with van der Waals surface area (Å²) in [6.45, 7) is 7.75. The van der Waals surface area contributed by atoms with Gasteiger partial charge in [-0.05, 0) is 34.1 Å². The molecule has 2 rings (SSSR count). The summed E-state index contributed by atoms with van der Waals surface area (Å²) in [5, 5.41) is 9.14. The number of carbonyl (C=O) groups is 1. The smallest absolute Gasteiger partial charge is 0.478 e. The number of hydrogen-bond donors (Lipinski definition) is 1. The van der Waals surface area contributed by atoms with Gasteiger partial charge in [-0.2, -0.15) is 0 Å². The molecule has 1 heterocycles. The van der Waals surface area contributed by atoms with Gasteiger partial charge in [0.2, 0.25) is 0 Å². The Morgan fingerprint density at radius 3 is 2.41 bits per heavy atom. The van der Waals surface area contributed by atoms with Crippen molar-refractivity contribution in [1.29, 1.82) is 0 Å². The van der Waals surface area contributed by atoms with Crippen molar-refractivity contribution in [1.82, 2.24) is 0 Å². The zero-order valence-electron chi connectivity index (χ0n) is 13.6. The Kier molecular flexibility index (Phi) is 4.52. The molecule has 2 aliphatic rings. The maximum atomic E-state index is 14.7. The highest BCUT2D eigenvalue weighted by atomic mass is 19.1. The van der Waals surface area contributed by atoms with E-state index in [-0.39, 0.29) is 23.6 Å². The fourth-order valence-electron chi connectivity index (χ4n) is 2.62. The number of halogens is 1. The molecule has 0 aromatic heterocycles. The lowest BCUT2D eigenvalue weighted by atomic mass is 9.66. The molecule has 122 valence electrons. The van der Waals surface area contributed by atoms with Gasteiger partial charge in [-0.15, -0.1) is 0 Å². The van der Waals surface area contributed by atoms with E-state index in [1.165, 1.54) is 13.2 Å². The summed E-state index contributed by atoms with van der Waals surface area (Å²) < 4.78 is 31.6. The zero-order valence-corrected chi connectivity index (χ0v) is 13.6. The monoisotopic (exact) mass is 312 g/mol. The van der Waals surface area contributed by atoms with Gasteiger partial charge in [0.15, 0.2) is 0 Å². The number of aliphatic carboxylic acids is 1. The highest BCUT2D eigenvalue weighted by Gasteiger charge is 2.54. The first-order chi connectivity index (χ1) is 10.1. The van der Waals surface area contributed by atoms with Crippen molar-refractivity contribution in [3.05, 3.63) is 22.9 Å². The number of allylic oxidation sites excluding steroid dienone is 1. The highest BCUT2D eigenvalue weighted by molar-refractivity contribution is 6.55. The standard InChI is InChI=1S/C15H22BFO5/c1-14(2)15(3,4)22-16(21-14)11-9(8-20-5)6-7-10(12(11)17)13(18)19/h7,9H,6,8H2,1-5H3,(H,18,19). The van der Waals surface area contributed by atoms with Crippen LogP contribution in [0.2, 0.25) is 0 Å². The van der Waals surface area contributed by atoms with Crippen LogP contribution < -0.4 is 0 Å². The van der Waals surface area contributed by atoms with E-state index < -0.39 is 30.1 Å². The third-order valence-corrected chi connectivity index (χ3v) is 4.64. The Balaban J connectivity index is 2.41. The zero-order chi connectivity index (χ0) is 16.7. The van der Waals surface area contributed by atoms with Crippen LogP contribution in [0.15, 0.2) is 22.9 Å². The maximum Gasteiger partial charge on any atom is 0.493 e. The molecule has 5 nitrogen and oxygen atoms in total. The molecule has 0 aromatic rings. The Hall–Kier alpha value is -1.18. The van der Waals surface area contributed by atoms with E-state index in [0.29, 0.717) is 6.42 Å². The summed E-state index contributed by atoms with van der Waals surface area (Å²) in [5.41, 5.74) is -1.35. The predicted octanol–water partition coefficient (Wildman–Crippen LogP) is 2.52. The molecule has 0 bridgehead atoms. The van der Waals surface area contributed by atoms with Crippen LogP contribution in [0.5, 0.6) is 0 Å². The average Bonchev–Trinajstić information content (AvgIpc) is 2.58. The number of rotatable bonds is 4. The van der Waals surface area contributed by atoms with Gasteiger partial charge in [-0.25, -0.2) is 9.18 Å². The van der Waals surface area contributed by atoms with Crippen LogP contribution in [0, 0.1) is 5.92 Å². The minimum Gasteiger partial charge on any atom is -0.478 e. The second-order valence-corrected chi connectivity index (χ2v) is 6.67. The first-order valence-electron chi connectivity index (χ1n) is 7.28. The Morgan fingerprint density at radius 1 is 1.41 bits per heavy atom. The average molecular weight is 312 g/mol. The first-order valence-corrected chi connectivity index (χ1v) is 7.28. The van der Waals surface area contributed by atoms with E-state index in [1.54, 1.807) is 0 Å². The minimum atomic E-state index is -1.29. The molecular formula is C15H22BFO5. The molecule has 1 saturated heterocycles. The number of hydrogen-bond acceptors (Lipinski definition) is 4. The van der Waals surface area contributed by atoms with Crippen molar-refractivity contribution in [2.24, 2.45) is 5.92 Å². The molecule has 1 atom stereocenters. The van der Waals surface area contributed by atoms with E-state index in [2.05, 4.69) is 0 Å². The normalized spacial score (nSPS) is 27.1. The lowest BCUT2D eigenvalue weighted by Gasteiger charge is -2.32. The second-order valence-electron chi connectivity index (χ2n) is 6.67. The predicted molar refractivity (Wildman–Crippen MR) is 79.9 cm³/mol. The third kappa shape index (κ3) is 2.85. The molecule has 0 spiro atoms. The molecule has 0 saturated carbocycles. The van der Waals surface area contributed by atoms with Crippen molar-refractivity contribution < 1.29 is 28.3 Å². The van der Waals surface area contributed by atoms with E-state index in [4.69, 9.17) is 19.2 Å². The van der Waals surface area contributed by atoms with Gasteiger partial charge in [0.05, 0.1) is 23.4 Å². The molecule has 0 amide bonds. The Bertz CT molecular complexity index is 522. The van der Waals surface area contributed by atoms with Crippen molar-refractivity contribution in [2.45, 2.75) is 45.3 Å². The first kappa shape index (κ1) is 17.2. The quantitative estimate of drug-likeness (QED) is 0.808. The third-order valence-electron chi connectivity index (χ3n) is 4.64.